The molecule has 0 fully saturated rings. The molecule has 0 amide bonds. The molecule has 128 valence electrons. The van der Waals surface area contributed by atoms with Crippen LogP contribution < -0.4 is 0 Å². The zero-order valence-electron chi connectivity index (χ0n) is 14.8. The van der Waals surface area contributed by atoms with Crippen LogP contribution in [0.15, 0.2) is 24.3 Å². The topological polar surface area (TPSA) is 43.4 Å². The summed E-state index contributed by atoms with van der Waals surface area (Å²) in [5.41, 5.74) is 2.10. The summed E-state index contributed by atoms with van der Waals surface area (Å²) in [5, 5.41) is 0. The van der Waals surface area contributed by atoms with Crippen LogP contribution in [0.5, 0.6) is 0 Å². The van der Waals surface area contributed by atoms with Gasteiger partial charge in [0, 0.05) is 12.0 Å². The molecule has 0 radical (unpaired) electrons. The van der Waals surface area contributed by atoms with Crippen molar-refractivity contribution in [2.75, 3.05) is 7.11 Å². The van der Waals surface area contributed by atoms with E-state index in [1.807, 2.05) is 12.1 Å². The van der Waals surface area contributed by atoms with Crippen molar-refractivity contribution in [3.63, 3.8) is 0 Å². The first-order chi connectivity index (χ1) is 11.0. The first-order valence-electron chi connectivity index (χ1n) is 8.72. The first kappa shape index (κ1) is 19.4. The minimum absolute atomic E-state index is 0.102. The molecular formula is C20H30O3. The maximum atomic E-state index is 11.3. The van der Waals surface area contributed by atoms with E-state index in [4.69, 9.17) is 0 Å². The Bertz CT molecular complexity index is 476. The normalized spacial score (nSPS) is 12.0. The molecule has 0 saturated heterocycles. The smallest absolute Gasteiger partial charge is 0.305 e. The molecule has 0 aliphatic rings. The van der Waals surface area contributed by atoms with Gasteiger partial charge in [0.25, 0.3) is 0 Å². The molecule has 0 aliphatic carbocycles. The van der Waals surface area contributed by atoms with Gasteiger partial charge in [-0.25, -0.2) is 0 Å². The Morgan fingerprint density at radius 1 is 0.957 bits per heavy atom. The second-order valence-corrected chi connectivity index (χ2v) is 6.32. The second kappa shape index (κ2) is 11.0. The Morgan fingerprint density at radius 2 is 1.52 bits per heavy atom. The van der Waals surface area contributed by atoms with Gasteiger partial charge in [-0.15, -0.1) is 0 Å². The molecule has 0 saturated carbocycles. The van der Waals surface area contributed by atoms with Gasteiger partial charge in [-0.05, 0) is 31.2 Å². The maximum absolute atomic E-state index is 11.3. The largest absolute Gasteiger partial charge is 0.469 e. The average molecular weight is 318 g/mol. The minimum atomic E-state index is -0.102. The molecule has 0 spiro atoms. The Labute approximate surface area is 140 Å². The van der Waals surface area contributed by atoms with E-state index < -0.39 is 0 Å². The average Bonchev–Trinajstić information content (AvgIpc) is 2.56. The minimum Gasteiger partial charge on any atom is -0.469 e. The van der Waals surface area contributed by atoms with Crippen LogP contribution in [0.3, 0.4) is 0 Å². The molecule has 1 aromatic rings. The quantitative estimate of drug-likeness (QED) is 0.316. The molecule has 23 heavy (non-hydrogen) atoms. The van der Waals surface area contributed by atoms with Crippen LogP contribution in [0.1, 0.15) is 87.1 Å². The van der Waals surface area contributed by atoms with Crippen LogP contribution in [0, 0.1) is 0 Å². The number of benzene rings is 1. The Balaban J connectivity index is 2.11. The highest BCUT2D eigenvalue weighted by Gasteiger charge is 2.06. The lowest BCUT2D eigenvalue weighted by Crippen LogP contribution is -1.99. The molecular weight excluding hydrogens is 288 g/mol. The fraction of sp³-hybridized carbons (Fsp3) is 0.600. The van der Waals surface area contributed by atoms with Gasteiger partial charge in [0.15, 0.2) is 5.78 Å². The maximum Gasteiger partial charge on any atom is 0.305 e. The first-order valence-corrected chi connectivity index (χ1v) is 8.72. The molecule has 1 aromatic carbocycles. The number of ketones is 1. The SMILES string of the molecule is COC(=O)CCCCCCCC[C@H](C)c1ccc(C(C)=O)cc1. The molecule has 3 nitrogen and oxygen atoms in total. The Morgan fingerprint density at radius 3 is 2.09 bits per heavy atom. The highest BCUT2D eigenvalue weighted by molar-refractivity contribution is 5.94. The van der Waals surface area contributed by atoms with Crippen LogP contribution in [-0.4, -0.2) is 18.9 Å². The molecule has 0 N–H and O–H groups in total. The predicted molar refractivity (Wildman–Crippen MR) is 93.8 cm³/mol. The van der Waals surface area contributed by atoms with E-state index in [1.165, 1.54) is 44.8 Å². The Hall–Kier alpha value is -1.64. The van der Waals surface area contributed by atoms with Gasteiger partial charge in [0.1, 0.15) is 0 Å². The van der Waals surface area contributed by atoms with Gasteiger partial charge in [-0.3, -0.25) is 9.59 Å². The summed E-state index contributed by atoms with van der Waals surface area (Å²) in [6.45, 7) is 3.85. The lowest BCUT2D eigenvalue weighted by molar-refractivity contribution is -0.140. The number of carbonyl (C=O) groups excluding carboxylic acids is 2. The summed E-state index contributed by atoms with van der Waals surface area (Å²) >= 11 is 0. The molecule has 0 heterocycles. The fourth-order valence-corrected chi connectivity index (χ4v) is 2.74. The van der Waals surface area contributed by atoms with Gasteiger partial charge in [0.05, 0.1) is 7.11 Å². The number of methoxy groups -OCH3 is 1. The molecule has 0 unspecified atom stereocenters. The third kappa shape index (κ3) is 7.96. The van der Waals surface area contributed by atoms with E-state index in [2.05, 4.69) is 23.8 Å². The van der Waals surface area contributed by atoms with Gasteiger partial charge in [-0.2, -0.15) is 0 Å². The van der Waals surface area contributed by atoms with Crippen molar-refractivity contribution < 1.29 is 14.3 Å². The highest BCUT2D eigenvalue weighted by Crippen LogP contribution is 2.22. The van der Waals surface area contributed by atoms with Crippen molar-refractivity contribution in [2.45, 2.75) is 71.1 Å². The van der Waals surface area contributed by atoms with Crippen LogP contribution in [0.25, 0.3) is 0 Å². The summed E-state index contributed by atoms with van der Waals surface area (Å²) in [7, 11) is 1.44. The molecule has 0 aromatic heterocycles. The summed E-state index contributed by atoms with van der Waals surface area (Å²) in [6, 6.07) is 8.01. The monoisotopic (exact) mass is 318 g/mol. The number of hydrogen-bond acceptors (Lipinski definition) is 3. The molecule has 1 rings (SSSR count). The number of carbonyl (C=O) groups is 2. The van der Waals surface area contributed by atoms with Crippen molar-refractivity contribution >= 4 is 11.8 Å². The van der Waals surface area contributed by atoms with Crippen molar-refractivity contribution in [3.8, 4) is 0 Å². The van der Waals surface area contributed by atoms with Gasteiger partial charge >= 0.3 is 5.97 Å². The summed E-state index contributed by atoms with van der Waals surface area (Å²) in [6.07, 6.45) is 8.67. The lowest BCUT2D eigenvalue weighted by atomic mass is 9.93. The zero-order chi connectivity index (χ0) is 17.1. The lowest BCUT2D eigenvalue weighted by Gasteiger charge is -2.12. The van der Waals surface area contributed by atoms with Crippen LogP contribution in [0.4, 0.5) is 0 Å². The van der Waals surface area contributed by atoms with E-state index >= 15 is 0 Å². The molecule has 0 aliphatic heterocycles. The third-order valence-electron chi connectivity index (χ3n) is 4.38. The third-order valence-corrected chi connectivity index (χ3v) is 4.38. The van der Waals surface area contributed by atoms with Crippen molar-refractivity contribution in [3.05, 3.63) is 35.4 Å². The summed E-state index contributed by atoms with van der Waals surface area (Å²) in [4.78, 5) is 22.2. The number of esters is 1. The van der Waals surface area contributed by atoms with Gasteiger partial charge < -0.3 is 4.74 Å². The number of Topliss-reactive ketones (excluding diaryl/α,β-unsaturated/α-hetero) is 1. The summed E-state index contributed by atoms with van der Waals surface area (Å²) < 4.78 is 4.63. The molecule has 1 atom stereocenters. The van der Waals surface area contributed by atoms with E-state index in [1.54, 1.807) is 6.92 Å². The van der Waals surface area contributed by atoms with E-state index in [9.17, 15) is 9.59 Å². The van der Waals surface area contributed by atoms with Crippen LogP contribution >= 0.6 is 0 Å². The standard InChI is InChI=1S/C20H30O3/c1-16(18-12-14-19(15-13-18)17(2)21)10-8-6-4-5-7-9-11-20(22)23-3/h12-16H,4-11H2,1-3H3/t16-/m0/s1. The summed E-state index contributed by atoms with van der Waals surface area (Å²) in [5.74, 6) is 0.557. The van der Waals surface area contributed by atoms with Crippen molar-refractivity contribution in [1.29, 1.82) is 0 Å². The van der Waals surface area contributed by atoms with E-state index in [0.717, 1.165) is 18.4 Å². The molecule has 0 bridgehead atoms. The number of hydrogen-bond donors (Lipinski definition) is 0. The Kier molecular flexibility index (Phi) is 9.27. The number of ether oxygens (including phenoxy) is 1. The highest BCUT2D eigenvalue weighted by atomic mass is 16.5. The molecule has 3 heteroatoms. The predicted octanol–water partition coefficient (Wildman–Crippen LogP) is 5.29. The van der Waals surface area contributed by atoms with Gasteiger partial charge in [-0.1, -0.05) is 63.3 Å². The van der Waals surface area contributed by atoms with Crippen LogP contribution in [0.2, 0.25) is 0 Å². The van der Waals surface area contributed by atoms with Gasteiger partial charge in [0.2, 0.25) is 0 Å². The van der Waals surface area contributed by atoms with Crippen LogP contribution in [-0.2, 0) is 9.53 Å². The number of rotatable bonds is 11. The number of unbranched alkanes of at least 4 members (excludes halogenated alkanes) is 5. The fourth-order valence-electron chi connectivity index (χ4n) is 2.74. The van der Waals surface area contributed by atoms with E-state index in [-0.39, 0.29) is 11.8 Å². The van der Waals surface area contributed by atoms with E-state index in [0.29, 0.717) is 12.3 Å². The second-order valence-electron chi connectivity index (χ2n) is 6.32. The van der Waals surface area contributed by atoms with Crippen molar-refractivity contribution in [1.82, 2.24) is 0 Å². The van der Waals surface area contributed by atoms with Crippen molar-refractivity contribution in [2.24, 2.45) is 0 Å². The zero-order valence-corrected chi connectivity index (χ0v) is 14.8.